The third-order valence-corrected chi connectivity index (χ3v) is 4.07. The monoisotopic (exact) mass is 254 g/mol. The molecule has 1 fully saturated rings. The van der Waals surface area contributed by atoms with Gasteiger partial charge in [0.05, 0.1) is 0 Å². The van der Waals surface area contributed by atoms with Gasteiger partial charge in [0, 0.05) is 5.92 Å². The van der Waals surface area contributed by atoms with E-state index in [0.717, 1.165) is 25.9 Å². The average Bonchev–Trinajstić information content (AvgIpc) is 2.38. The van der Waals surface area contributed by atoms with Crippen LogP contribution >= 0.6 is 0 Å². The third kappa shape index (κ3) is 6.39. The van der Waals surface area contributed by atoms with Crippen molar-refractivity contribution < 1.29 is 4.79 Å². The van der Waals surface area contributed by atoms with Gasteiger partial charge >= 0.3 is 0 Å². The quantitative estimate of drug-likeness (QED) is 0.643. The van der Waals surface area contributed by atoms with E-state index in [2.05, 4.69) is 11.8 Å². The molecular formula is C15H30N2O. The van der Waals surface area contributed by atoms with Crippen LogP contribution < -0.4 is 5.73 Å². The van der Waals surface area contributed by atoms with E-state index in [4.69, 9.17) is 5.73 Å². The summed E-state index contributed by atoms with van der Waals surface area (Å²) >= 11 is 0. The van der Waals surface area contributed by atoms with Crippen molar-refractivity contribution in [3.63, 3.8) is 0 Å². The highest BCUT2D eigenvalue weighted by molar-refractivity contribution is 5.76. The number of rotatable bonds is 9. The van der Waals surface area contributed by atoms with E-state index in [-0.39, 0.29) is 11.8 Å². The van der Waals surface area contributed by atoms with Crippen molar-refractivity contribution in [2.24, 2.45) is 11.7 Å². The molecule has 0 bridgehead atoms. The Balaban J connectivity index is 1.93. The first-order valence-electron chi connectivity index (χ1n) is 7.75. The number of hydrogen-bond donors (Lipinski definition) is 1. The lowest BCUT2D eigenvalue weighted by molar-refractivity contribution is -0.123. The highest BCUT2D eigenvalue weighted by Crippen LogP contribution is 2.17. The van der Waals surface area contributed by atoms with Gasteiger partial charge < -0.3 is 10.6 Å². The number of nitrogens with two attached hydrogens (primary N) is 1. The maximum atomic E-state index is 11.1. The van der Waals surface area contributed by atoms with Crippen LogP contribution in [-0.4, -0.2) is 30.4 Å². The number of nitrogens with zero attached hydrogens (tertiary/aromatic N) is 1. The van der Waals surface area contributed by atoms with Crippen LogP contribution in [-0.2, 0) is 4.79 Å². The van der Waals surface area contributed by atoms with Gasteiger partial charge in [-0.1, -0.05) is 45.4 Å². The van der Waals surface area contributed by atoms with Crippen LogP contribution in [0.5, 0.6) is 0 Å². The second-order valence-corrected chi connectivity index (χ2v) is 5.64. The highest BCUT2D eigenvalue weighted by atomic mass is 16.1. The molecule has 3 heteroatoms. The van der Waals surface area contributed by atoms with Crippen molar-refractivity contribution in [1.29, 1.82) is 0 Å². The summed E-state index contributed by atoms with van der Waals surface area (Å²) in [7, 11) is 0. The molecule has 0 spiro atoms. The molecule has 0 aromatic rings. The Labute approximate surface area is 112 Å². The zero-order chi connectivity index (χ0) is 13.2. The van der Waals surface area contributed by atoms with Crippen molar-refractivity contribution in [3.8, 4) is 0 Å². The largest absolute Gasteiger partial charge is 0.369 e. The van der Waals surface area contributed by atoms with E-state index in [9.17, 15) is 4.79 Å². The minimum absolute atomic E-state index is 0.106. The summed E-state index contributed by atoms with van der Waals surface area (Å²) in [4.78, 5) is 13.5. The van der Waals surface area contributed by atoms with Crippen LogP contribution in [0.3, 0.4) is 0 Å². The van der Waals surface area contributed by atoms with Crippen LogP contribution in [0.4, 0.5) is 0 Å². The number of carbonyl (C=O) groups is 1. The summed E-state index contributed by atoms with van der Waals surface area (Å²) in [6, 6.07) is 0. The van der Waals surface area contributed by atoms with E-state index >= 15 is 0 Å². The van der Waals surface area contributed by atoms with Crippen molar-refractivity contribution >= 4 is 5.91 Å². The summed E-state index contributed by atoms with van der Waals surface area (Å²) in [5.74, 6) is 0.0286. The van der Waals surface area contributed by atoms with Gasteiger partial charge in [-0.2, -0.15) is 0 Å². The molecule has 1 saturated heterocycles. The Morgan fingerprint density at radius 3 is 2.17 bits per heavy atom. The minimum atomic E-state index is -0.106. The Morgan fingerprint density at radius 1 is 1.06 bits per heavy atom. The fourth-order valence-electron chi connectivity index (χ4n) is 2.73. The molecule has 0 aromatic carbocycles. The predicted octanol–water partition coefficient (Wildman–Crippen LogP) is 2.93. The molecule has 0 aliphatic carbocycles. The lowest BCUT2D eigenvalue weighted by atomic mass is 9.96. The molecule has 0 unspecified atom stereocenters. The molecule has 1 heterocycles. The number of piperidine rings is 1. The average molecular weight is 254 g/mol. The molecule has 3 nitrogen and oxygen atoms in total. The van der Waals surface area contributed by atoms with Gasteiger partial charge in [0.15, 0.2) is 0 Å². The molecule has 1 aliphatic heterocycles. The molecule has 0 aromatic heterocycles. The lowest BCUT2D eigenvalue weighted by Gasteiger charge is -2.30. The number of likely N-dealkylation sites (tertiary alicyclic amines) is 1. The fourth-order valence-corrected chi connectivity index (χ4v) is 2.73. The van der Waals surface area contributed by atoms with Gasteiger partial charge in [0.1, 0.15) is 0 Å². The summed E-state index contributed by atoms with van der Waals surface area (Å²) in [6.07, 6.45) is 11.5. The number of amides is 1. The van der Waals surface area contributed by atoms with Gasteiger partial charge in [0.25, 0.3) is 0 Å². The SMILES string of the molecule is CCCCCCCCCN1CCC(C(N)=O)CC1. The van der Waals surface area contributed by atoms with Crippen LogP contribution in [0, 0.1) is 5.92 Å². The molecule has 106 valence electrons. The van der Waals surface area contributed by atoms with Crippen molar-refractivity contribution in [2.75, 3.05) is 19.6 Å². The molecule has 0 radical (unpaired) electrons. The second-order valence-electron chi connectivity index (χ2n) is 5.64. The number of hydrogen-bond acceptors (Lipinski definition) is 2. The first kappa shape index (κ1) is 15.5. The van der Waals surface area contributed by atoms with E-state index < -0.39 is 0 Å². The first-order chi connectivity index (χ1) is 8.74. The van der Waals surface area contributed by atoms with E-state index in [1.54, 1.807) is 0 Å². The molecule has 1 rings (SSSR count). The number of primary amides is 1. The first-order valence-corrected chi connectivity index (χ1v) is 7.75. The zero-order valence-electron chi connectivity index (χ0n) is 12.0. The third-order valence-electron chi connectivity index (χ3n) is 4.07. The molecule has 1 aliphatic rings. The Hall–Kier alpha value is -0.570. The fraction of sp³-hybridized carbons (Fsp3) is 0.933. The van der Waals surface area contributed by atoms with Crippen LogP contribution in [0.1, 0.15) is 64.7 Å². The Kier molecular flexibility index (Phi) is 8.06. The molecule has 0 atom stereocenters. The van der Waals surface area contributed by atoms with Gasteiger partial charge in [0.2, 0.25) is 5.91 Å². The second kappa shape index (κ2) is 9.37. The Bertz CT molecular complexity index is 223. The predicted molar refractivity (Wildman–Crippen MR) is 76.4 cm³/mol. The maximum absolute atomic E-state index is 11.1. The van der Waals surface area contributed by atoms with Gasteiger partial charge in [-0.3, -0.25) is 4.79 Å². The van der Waals surface area contributed by atoms with Crippen LogP contribution in [0.15, 0.2) is 0 Å². The van der Waals surface area contributed by atoms with Gasteiger partial charge in [-0.05, 0) is 38.9 Å². The molecule has 18 heavy (non-hydrogen) atoms. The summed E-state index contributed by atoms with van der Waals surface area (Å²) < 4.78 is 0. The normalized spacial score (nSPS) is 18.1. The summed E-state index contributed by atoms with van der Waals surface area (Å²) in [5.41, 5.74) is 5.33. The molecule has 1 amide bonds. The summed E-state index contributed by atoms with van der Waals surface area (Å²) in [6.45, 7) is 5.59. The minimum Gasteiger partial charge on any atom is -0.369 e. The standard InChI is InChI=1S/C15H30N2O/c1-2-3-4-5-6-7-8-11-17-12-9-14(10-13-17)15(16)18/h14H,2-13H2,1H3,(H2,16,18). The summed E-state index contributed by atoms with van der Waals surface area (Å²) in [5, 5.41) is 0. The van der Waals surface area contributed by atoms with Gasteiger partial charge in [-0.15, -0.1) is 0 Å². The topological polar surface area (TPSA) is 46.3 Å². The van der Waals surface area contributed by atoms with E-state index in [1.807, 2.05) is 0 Å². The van der Waals surface area contributed by atoms with Crippen LogP contribution in [0.25, 0.3) is 0 Å². The zero-order valence-corrected chi connectivity index (χ0v) is 12.0. The van der Waals surface area contributed by atoms with E-state index in [1.165, 1.54) is 51.5 Å². The molecule has 2 N–H and O–H groups in total. The molecular weight excluding hydrogens is 224 g/mol. The van der Waals surface area contributed by atoms with E-state index in [0.29, 0.717) is 0 Å². The van der Waals surface area contributed by atoms with Gasteiger partial charge in [-0.25, -0.2) is 0 Å². The lowest BCUT2D eigenvalue weighted by Crippen LogP contribution is -2.38. The highest BCUT2D eigenvalue weighted by Gasteiger charge is 2.22. The van der Waals surface area contributed by atoms with Crippen molar-refractivity contribution in [2.45, 2.75) is 64.7 Å². The van der Waals surface area contributed by atoms with Crippen molar-refractivity contribution in [1.82, 2.24) is 4.90 Å². The Morgan fingerprint density at radius 2 is 1.61 bits per heavy atom. The van der Waals surface area contributed by atoms with Crippen molar-refractivity contribution in [3.05, 3.63) is 0 Å². The maximum Gasteiger partial charge on any atom is 0.220 e. The van der Waals surface area contributed by atoms with Crippen LogP contribution in [0.2, 0.25) is 0 Å². The number of unbranched alkanes of at least 4 members (excludes halogenated alkanes) is 6. The number of carbonyl (C=O) groups excluding carboxylic acids is 1. The smallest absolute Gasteiger partial charge is 0.220 e. The molecule has 0 saturated carbocycles.